The van der Waals surface area contributed by atoms with Crippen molar-refractivity contribution in [2.75, 3.05) is 6.54 Å². The van der Waals surface area contributed by atoms with Gasteiger partial charge in [-0.2, -0.15) is 0 Å². The topological polar surface area (TPSA) is 64.1 Å². The highest BCUT2D eigenvalue weighted by atomic mass is 16.6. The monoisotopic (exact) mass is 285 g/mol. The number of carbonyl (C=O) groups excluding carboxylic acids is 1. The Morgan fingerprint density at radius 2 is 2.00 bits per heavy atom. The van der Waals surface area contributed by atoms with Gasteiger partial charge >= 0.3 is 6.09 Å². The quantitative estimate of drug-likeness (QED) is 0.940. The van der Waals surface area contributed by atoms with Crippen LogP contribution in [0.5, 0.6) is 0 Å². The highest BCUT2D eigenvalue weighted by molar-refractivity contribution is 5.74. The fourth-order valence-corrected chi connectivity index (χ4v) is 1.69. The number of hydrogen-bond donors (Lipinski definition) is 1. The van der Waals surface area contributed by atoms with Crippen LogP contribution >= 0.6 is 0 Å². The zero-order valence-corrected chi connectivity index (χ0v) is 12.5. The molecule has 1 aromatic carbocycles. The molecular formula is C16H19N3O2. The highest BCUT2D eigenvalue weighted by Gasteiger charge is 2.14. The second-order valence-corrected chi connectivity index (χ2v) is 5.57. The smallest absolute Gasteiger partial charge is 0.407 e. The number of alkyl carbamates (subject to hydrolysis) is 1. The van der Waals surface area contributed by atoms with Gasteiger partial charge in [0.1, 0.15) is 5.60 Å². The first-order chi connectivity index (χ1) is 9.94. The maximum absolute atomic E-state index is 11.4. The Morgan fingerprint density at radius 1 is 1.29 bits per heavy atom. The van der Waals surface area contributed by atoms with Crippen molar-refractivity contribution in [1.29, 1.82) is 0 Å². The van der Waals surface area contributed by atoms with Crippen LogP contribution in [0.15, 0.2) is 36.5 Å². The number of benzene rings is 1. The molecule has 0 bridgehead atoms. The maximum atomic E-state index is 11.4. The average molecular weight is 285 g/mol. The minimum absolute atomic E-state index is 0.378. The number of aromatic nitrogens is 2. The Labute approximate surface area is 124 Å². The number of hydrogen-bond acceptors (Lipinski definition) is 4. The van der Waals surface area contributed by atoms with Crippen molar-refractivity contribution < 1.29 is 9.53 Å². The number of fused-ring (bicyclic) bond motifs is 1. The van der Waals surface area contributed by atoms with E-state index in [0.717, 1.165) is 16.7 Å². The minimum Gasteiger partial charge on any atom is -0.444 e. The molecule has 5 heteroatoms. The summed E-state index contributed by atoms with van der Waals surface area (Å²) in [5, 5.41) is 2.65. The van der Waals surface area contributed by atoms with Gasteiger partial charge in [0.05, 0.1) is 22.9 Å². The summed E-state index contributed by atoms with van der Waals surface area (Å²) >= 11 is 0. The van der Waals surface area contributed by atoms with Gasteiger partial charge in [0.25, 0.3) is 0 Å². The van der Waals surface area contributed by atoms with Crippen molar-refractivity contribution in [2.24, 2.45) is 0 Å². The van der Waals surface area contributed by atoms with E-state index in [1.54, 1.807) is 6.20 Å². The summed E-state index contributed by atoms with van der Waals surface area (Å²) in [6, 6.07) is 7.68. The van der Waals surface area contributed by atoms with Gasteiger partial charge in [-0.3, -0.25) is 4.98 Å². The average Bonchev–Trinajstić information content (AvgIpc) is 2.41. The first-order valence-electron chi connectivity index (χ1n) is 6.79. The molecule has 1 N–H and O–H groups in total. The third-order valence-corrected chi connectivity index (χ3v) is 2.52. The molecule has 110 valence electrons. The lowest BCUT2D eigenvalue weighted by Gasteiger charge is -2.19. The standard InChI is InChI=1S/C16H19N3O2/c1-16(2,3)21-15(20)17-10-6-7-12-11-18-13-8-4-5-9-14(13)19-12/h4-9,11H,10H2,1-3H3,(H,17,20). The van der Waals surface area contributed by atoms with E-state index in [9.17, 15) is 4.79 Å². The summed E-state index contributed by atoms with van der Waals surface area (Å²) in [7, 11) is 0. The van der Waals surface area contributed by atoms with Crippen molar-refractivity contribution in [3.8, 4) is 0 Å². The Hall–Kier alpha value is -2.43. The van der Waals surface area contributed by atoms with Crippen LogP contribution in [0.3, 0.4) is 0 Å². The number of para-hydroxylation sites is 2. The van der Waals surface area contributed by atoms with Gasteiger partial charge in [-0.15, -0.1) is 0 Å². The third-order valence-electron chi connectivity index (χ3n) is 2.52. The van der Waals surface area contributed by atoms with E-state index in [1.165, 1.54) is 0 Å². The molecule has 0 atom stereocenters. The SMILES string of the molecule is CC(C)(C)OC(=O)NCC=Cc1cnc2ccccc2n1. The zero-order valence-electron chi connectivity index (χ0n) is 12.5. The molecule has 0 aliphatic carbocycles. The van der Waals surface area contributed by atoms with E-state index in [0.29, 0.717) is 6.54 Å². The van der Waals surface area contributed by atoms with Crippen LogP contribution in [-0.4, -0.2) is 28.2 Å². The van der Waals surface area contributed by atoms with Crippen LogP contribution in [0, 0.1) is 0 Å². The lowest BCUT2D eigenvalue weighted by molar-refractivity contribution is 0.0534. The molecule has 1 amide bonds. The number of carbonyl (C=O) groups is 1. The Kier molecular flexibility index (Phi) is 4.52. The molecule has 1 heterocycles. The third kappa shape index (κ3) is 4.87. The number of nitrogens with one attached hydrogen (secondary N) is 1. The molecule has 0 aliphatic rings. The second kappa shape index (κ2) is 6.35. The van der Waals surface area contributed by atoms with Crippen molar-refractivity contribution in [3.63, 3.8) is 0 Å². The molecule has 0 unspecified atom stereocenters. The number of nitrogens with zero attached hydrogens (tertiary/aromatic N) is 2. The van der Waals surface area contributed by atoms with Gasteiger partial charge in [-0.25, -0.2) is 9.78 Å². The van der Waals surface area contributed by atoms with E-state index >= 15 is 0 Å². The Bertz CT molecular complexity index is 660. The van der Waals surface area contributed by atoms with Crippen molar-refractivity contribution in [2.45, 2.75) is 26.4 Å². The van der Waals surface area contributed by atoms with E-state index in [2.05, 4.69) is 15.3 Å². The number of ether oxygens (including phenoxy) is 1. The first kappa shape index (κ1) is 15.0. The molecule has 0 fully saturated rings. The largest absolute Gasteiger partial charge is 0.444 e. The molecule has 0 spiro atoms. The molecule has 0 saturated carbocycles. The predicted octanol–water partition coefficient (Wildman–Crippen LogP) is 3.17. The highest BCUT2D eigenvalue weighted by Crippen LogP contribution is 2.09. The number of amides is 1. The molecule has 0 radical (unpaired) electrons. The molecule has 2 aromatic rings. The molecule has 2 rings (SSSR count). The van der Waals surface area contributed by atoms with Crippen LogP contribution in [0.1, 0.15) is 26.5 Å². The van der Waals surface area contributed by atoms with Gasteiger partial charge in [-0.05, 0) is 39.0 Å². The summed E-state index contributed by atoms with van der Waals surface area (Å²) in [5.74, 6) is 0. The first-order valence-corrected chi connectivity index (χ1v) is 6.79. The molecule has 0 saturated heterocycles. The summed E-state index contributed by atoms with van der Waals surface area (Å²) in [6.45, 7) is 5.86. The van der Waals surface area contributed by atoms with Crippen molar-refractivity contribution >= 4 is 23.2 Å². The van der Waals surface area contributed by atoms with Crippen LogP contribution in [0.4, 0.5) is 4.79 Å². The van der Waals surface area contributed by atoms with Crippen molar-refractivity contribution in [3.05, 3.63) is 42.2 Å². The van der Waals surface area contributed by atoms with Crippen LogP contribution in [-0.2, 0) is 4.74 Å². The molecule has 1 aromatic heterocycles. The molecule has 0 aliphatic heterocycles. The van der Waals surface area contributed by atoms with Crippen molar-refractivity contribution in [1.82, 2.24) is 15.3 Å². The summed E-state index contributed by atoms with van der Waals surface area (Å²) in [4.78, 5) is 20.2. The lowest BCUT2D eigenvalue weighted by Crippen LogP contribution is -2.32. The second-order valence-electron chi connectivity index (χ2n) is 5.57. The van der Waals surface area contributed by atoms with E-state index in [1.807, 2.05) is 57.2 Å². The fraction of sp³-hybridized carbons (Fsp3) is 0.312. The zero-order chi connectivity index (χ0) is 15.3. The van der Waals surface area contributed by atoms with Crippen LogP contribution in [0.2, 0.25) is 0 Å². The number of rotatable bonds is 3. The normalized spacial score (nSPS) is 11.8. The van der Waals surface area contributed by atoms with E-state index in [4.69, 9.17) is 4.74 Å². The summed E-state index contributed by atoms with van der Waals surface area (Å²) < 4.78 is 5.14. The summed E-state index contributed by atoms with van der Waals surface area (Å²) in [5.41, 5.74) is 1.97. The predicted molar refractivity (Wildman–Crippen MR) is 82.8 cm³/mol. The Morgan fingerprint density at radius 3 is 2.71 bits per heavy atom. The maximum Gasteiger partial charge on any atom is 0.407 e. The van der Waals surface area contributed by atoms with E-state index < -0.39 is 11.7 Å². The van der Waals surface area contributed by atoms with E-state index in [-0.39, 0.29) is 0 Å². The van der Waals surface area contributed by atoms with Crippen LogP contribution < -0.4 is 5.32 Å². The minimum atomic E-state index is -0.488. The van der Waals surface area contributed by atoms with Gasteiger partial charge in [0.2, 0.25) is 0 Å². The van der Waals surface area contributed by atoms with Gasteiger partial charge < -0.3 is 10.1 Å². The lowest BCUT2D eigenvalue weighted by atomic mass is 10.2. The summed E-state index contributed by atoms with van der Waals surface area (Å²) in [6.07, 6.45) is 4.89. The molecule has 21 heavy (non-hydrogen) atoms. The van der Waals surface area contributed by atoms with Gasteiger partial charge in [0, 0.05) is 6.54 Å². The molecule has 5 nitrogen and oxygen atoms in total. The van der Waals surface area contributed by atoms with Gasteiger partial charge in [0.15, 0.2) is 0 Å². The Balaban J connectivity index is 1.90. The molecular weight excluding hydrogens is 266 g/mol. The fourth-order valence-electron chi connectivity index (χ4n) is 1.69. The van der Waals surface area contributed by atoms with Gasteiger partial charge in [-0.1, -0.05) is 18.2 Å². The van der Waals surface area contributed by atoms with Crippen LogP contribution in [0.25, 0.3) is 17.1 Å².